The van der Waals surface area contributed by atoms with Crippen molar-refractivity contribution in [2.75, 3.05) is 38.5 Å². The molecule has 1 aliphatic carbocycles. The van der Waals surface area contributed by atoms with Crippen molar-refractivity contribution in [3.05, 3.63) is 18.0 Å². The maximum atomic E-state index is 12.7. The largest absolute Gasteiger partial charge is 0.397 e. The van der Waals surface area contributed by atoms with Gasteiger partial charge in [0.25, 0.3) is 5.91 Å². The first-order valence-electron chi connectivity index (χ1n) is 8.03. The van der Waals surface area contributed by atoms with E-state index in [0.29, 0.717) is 5.69 Å². The number of amides is 1. The molecule has 5 nitrogen and oxygen atoms in total. The van der Waals surface area contributed by atoms with Gasteiger partial charge in [0, 0.05) is 45.0 Å². The summed E-state index contributed by atoms with van der Waals surface area (Å²) < 4.78 is 1.98. The molecule has 1 saturated carbocycles. The summed E-state index contributed by atoms with van der Waals surface area (Å²) in [5.41, 5.74) is 7.26. The first-order chi connectivity index (χ1) is 10.0. The molecular weight excluding hydrogens is 264 g/mol. The van der Waals surface area contributed by atoms with Crippen molar-refractivity contribution in [2.45, 2.75) is 32.7 Å². The van der Waals surface area contributed by atoms with Crippen molar-refractivity contribution in [1.29, 1.82) is 0 Å². The molecule has 0 unspecified atom stereocenters. The third-order valence-electron chi connectivity index (χ3n) is 4.52. The van der Waals surface area contributed by atoms with E-state index >= 15 is 0 Å². The monoisotopic (exact) mass is 290 g/mol. The van der Waals surface area contributed by atoms with Crippen LogP contribution < -0.4 is 5.73 Å². The predicted molar refractivity (Wildman–Crippen MR) is 84.3 cm³/mol. The standard InChI is InChI=1S/C16H26N4O/c1-12(2)20-11-14(17)9-15(20)16(21)19-7-5-18(6-8-19)10-13-3-4-13/h9,11-13H,3-8,10,17H2,1-2H3. The molecule has 0 aromatic carbocycles. The quantitative estimate of drug-likeness (QED) is 0.920. The molecule has 116 valence electrons. The summed E-state index contributed by atoms with van der Waals surface area (Å²) in [7, 11) is 0. The molecule has 1 aromatic heterocycles. The van der Waals surface area contributed by atoms with Gasteiger partial charge in [-0.15, -0.1) is 0 Å². The van der Waals surface area contributed by atoms with Gasteiger partial charge >= 0.3 is 0 Å². The molecule has 5 heteroatoms. The molecule has 1 saturated heterocycles. The number of hydrogen-bond donors (Lipinski definition) is 1. The second-order valence-corrected chi connectivity index (χ2v) is 6.70. The molecule has 3 rings (SSSR count). The van der Waals surface area contributed by atoms with Gasteiger partial charge in [-0.25, -0.2) is 0 Å². The number of anilines is 1. The first kappa shape index (κ1) is 14.4. The molecule has 0 radical (unpaired) electrons. The van der Waals surface area contributed by atoms with Crippen LogP contribution >= 0.6 is 0 Å². The summed E-state index contributed by atoms with van der Waals surface area (Å²) in [6, 6.07) is 2.05. The number of piperazine rings is 1. The second kappa shape index (κ2) is 5.72. The molecule has 1 aromatic rings. The zero-order valence-corrected chi connectivity index (χ0v) is 13.1. The Bertz CT molecular complexity index is 510. The highest BCUT2D eigenvalue weighted by Gasteiger charge is 2.29. The summed E-state index contributed by atoms with van der Waals surface area (Å²) >= 11 is 0. The summed E-state index contributed by atoms with van der Waals surface area (Å²) in [6.07, 6.45) is 4.64. The molecule has 0 atom stereocenters. The molecule has 2 heterocycles. The molecule has 2 aliphatic rings. The summed E-state index contributed by atoms with van der Waals surface area (Å²) in [5, 5.41) is 0. The number of aromatic nitrogens is 1. The zero-order valence-electron chi connectivity index (χ0n) is 13.1. The molecule has 21 heavy (non-hydrogen) atoms. The van der Waals surface area contributed by atoms with Crippen LogP contribution in [0.3, 0.4) is 0 Å². The van der Waals surface area contributed by atoms with Crippen LogP contribution in [-0.2, 0) is 0 Å². The lowest BCUT2D eigenvalue weighted by molar-refractivity contribution is 0.0620. The number of nitrogens with zero attached hydrogens (tertiary/aromatic N) is 3. The highest BCUT2D eigenvalue weighted by Crippen LogP contribution is 2.30. The number of rotatable bonds is 4. The SMILES string of the molecule is CC(C)n1cc(N)cc1C(=O)N1CCN(CC2CC2)CC1. The van der Waals surface area contributed by atoms with E-state index in [1.165, 1.54) is 19.4 Å². The average Bonchev–Trinajstić information content (AvgIpc) is 3.18. The first-order valence-corrected chi connectivity index (χ1v) is 8.03. The Hall–Kier alpha value is -1.49. The predicted octanol–water partition coefficient (Wildman–Crippen LogP) is 1.82. The third-order valence-corrected chi connectivity index (χ3v) is 4.52. The van der Waals surface area contributed by atoms with Crippen molar-refractivity contribution in [1.82, 2.24) is 14.4 Å². The summed E-state index contributed by atoms with van der Waals surface area (Å²) in [5.74, 6) is 1.04. The van der Waals surface area contributed by atoms with Crippen LogP contribution in [0.2, 0.25) is 0 Å². The fourth-order valence-corrected chi connectivity index (χ4v) is 3.06. The third kappa shape index (κ3) is 3.23. The van der Waals surface area contributed by atoms with Gasteiger partial charge in [-0.3, -0.25) is 9.69 Å². The molecule has 0 spiro atoms. The molecule has 1 aliphatic heterocycles. The van der Waals surface area contributed by atoms with Crippen LogP contribution in [-0.4, -0.2) is 53.0 Å². The maximum absolute atomic E-state index is 12.7. The van der Waals surface area contributed by atoms with E-state index in [9.17, 15) is 4.79 Å². The minimum absolute atomic E-state index is 0.117. The van der Waals surface area contributed by atoms with Gasteiger partial charge < -0.3 is 15.2 Å². The van der Waals surface area contributed by atoms with Gasteiger partial charge in [0.2, 0.25) is 0 Å². The highest BCUT2D eigenvalue weighted by atomic mass is 16.2. The van der Waals surface area contributed by atoms with Gasteiger partial charge in [-0.2, -0.15) is 0 Å². The Kier molecular flexibility index (Phi) is 3.93. The lowest BCUT2D eigenvalue weighted by Crippen LogP contribution is -2.49. The van der Waals surface area contributed by atoms with E-state index < -0.39 is 0 Å². The fourth-order valence-electron chi connectivity index (χ4n) is 3.06. The van der Waals surface area contributed by atoms with Crippen molar-refractivity contribution in [3.63, 3.8) is 0 Å². The minimum atomic E-state index is 0.117. The molecular formula is C16H26N4O. The number of nitrogen functional groups attached to an aromatic ring is 1. The number of nitrogens with two attached hydrogens (primary N) is 1. The fraction of sp³-hybridized carbons (Fsp3) is 0.688. The van der Waals surface area contributed by atoms with E-state index in [0.717, 1.165) is 37.8 Å². The Morgan fingerprint density at radius 3 is 2.52 bits per heavy atom. The maximum Gasteiger partial charge on any atom is 0.270 e. The van der Waals surface area contributed by atoms with Gasteiger partial charge in [0.15, 0.2) is 0 Å². The molecule has 2 N–H and O–H groups in total. The lowest BCUT2D eigenvalue weighted by atomic mass is 10.2. The minimum Gasteiger partial charge on any atom is -0.397 e. The Morgan fingerprint density at radius 2 is 1.95 bits per heavy atom. The normalized spacial score (nSPS) is 20.2. The van der Waals surface area contributed by atoms with Crippen molar-refractivity contribution in [2.24, 2.45) is 5.92 Å². The van der Waals surface area contributed by atoms with Gasteiger partial charge in [0.1, 0.15) is 5.69 Å². The van der Waals surface area contributed by atoms with E-state index in [1.807, 2.05) is 15.7 Å². The lowest BCUT2D eigenvalue weighted by Gasteiger charge is -2.35. The highest BCUT2D eigenvalue weighted by molar-refractivity contribution is 5.94. The van der Waals surface area contributed by atoms with Crippen molar-refractivity contribution >= 4 is 11.6 Å². The van der Waals surface area contributed by atoms with E-state index in [1.54, 1.807) is 6.07 Å². The Labute approximate surface area is 126 Å². The number of hydrogen-bond acceptors (Lipinski definition) is 3. The van der Waals surface area contributed by atoms with E-state index in [2.05, 4.69) is 18.7 Å². The van der Waals surface area contributed by atoms with E-state index in [4.69, 9.17) is 5.73 Å². The van der Waals surface area contributed by atoms with Crippen LogP contribution in [0.4, 0.5) is 5.69 Å². The van der Waals surface area contributed by atoms with Gasteiger partial charge in [0.05, 0.1) is 5.69 Å². The van der Waals surface area contributed by atoms with Crippen LogP contribution in [0.1, 0.15) is 43.2 Å². The number of carbonyl (C=O) groups is 1. The van der Waals surface area contributed by atoms with Gasteiger partial charge in [-0.05, 0) is 38.7 Å². The topological polar surface area (TPSA) is 54.5 Å². The zero-order chi connectivity index (χ0) is 15.0. The summed E-state index contributed by atoms with van der Waals surface area (Å²) in [6.45, 7) is 9.02. The Balaban J connectivity index is 1.63. The van der Waals surface area contributed by atoms with E-state index in [-0.39, 0.29) is 11.9 Å². The summed E-state index contributed by atoms with van der Waals surface area (Å²) in [4.78, 5) is 17.2. The molecule has 0 bridgehead atoms. The average molecular weight is 290 g/mol. The van der Waals surface area contributed by atoms with Crippen LogP contribution in [0.25, 0.3) is 0 Å². The Morgan fingerprint density at radius 1 is 1.29 bits per heavy atom. The van der Waals surface area contributed by atoms with Crippen molar-refractivity contribution in [3.8, 4) is 0 Å². The van der Waals surface area contributed by atoms with Crippen LogP contribution in [0.15, 0.2) is 12.3 Å². The van der Waals surface area contributed by atoms with Crippen LogP contribution in [0.5, 0.6) is 0 Å². The second-order valence-electron chi connectivity index (χ2n) is 6.70. The van der Waals surface area contributed by atoms with Crippen LogP contribution in [0, 0.1) is 5.92 Å². The number of carbonyl (C=O) groups excluding carboxylic acids is 1. The van der Waals surface area contributed by atoms with Gasteiger partial charge in [-0.1, -0.05) is 0 Å². The molecule has 1 amide bonds. The van der Waals surface area contributed by atoms with Crippen molar-refractivity contribution < 1.29 is 4.79 Å². The molecule has 2 fully saturated rings. The smallest absolute Gasteiger partial charge is 0.270 e.